The molecule has 0 heterocycles. The Morgan fingerprint density at radius 2 is 1.67 bits per heavy atom. The van der Waals surface area contributed by atoms with Crippen LogP contribution in [0, 0.1) is 12.7 Å². The molecule has 106 valence electrons. The molecule has 0 saturated carbocycles. The van der Waals surface area contributed by atoms with Crippen molar-refractivity contribution in [1.82, 2.24) is 0 Å². The summed E-state index contributed by atoms with van der Waals surface area (Å²) in [5.74, 6) is -0.380. The molecular weight excluding hydrogens is 306 g/mol. The maximum Gasteiger partial charge on any atom is 0.129 e. The van der Waals surface area contributed by atoms with Crippen LogP contribution in [-0.4, -0.2) is 0 Å². The minimum Gasteiger partial charge on any atom is -0.207 e. The Kier molecular flexibility index (Phi) is 3.88. The molecule has 3 rings (SSSR count). The number of fused-ring (bicyclic) bond motifs is 1. The highest BCUT2D eigenvalue weighted by Gasteiger charge is 2.22. The van der Waals surface area contributed by atoms with Gasteiger partial charge in [-0.15, -0.1) is 11.6 Å². The van der Waals surface area contributed by atoms with Crippen molar-refractivity contribution in [3.05, 3.63) is 82.1 Å². The monoisotopic (exact) mass is 318 g/mol. The van der Waals surface area contributed by atoms with Crippen molar-refractivity contribution in [2.75, 3.05) is 0 Å². The van der Waals surface area contributed by atoms with E-state index in [4.69, 9.17) is 23.2 Å². The van der Waals surface area contributed by atoms with E-state index in [1.807, 2.05) is 43.3 Å². The minimum atomic E-state index is -0.621. The Morgan fingerprint density at radius 3 is 2.43 bits per heavy atom. The van der Waals surface area contributed by atoms with E-state index in [0.717, 1.165) is 21.9 Å². The molecular formula is C18H13Cl2F. The zero-order chi connectivity index (χ0) is 15.0. The van der Waals surface area contributed by atoms with Gasteiger partial charge in [0.1, 0.15) is 5.82 Å². The normalized spacial score (nSPS) is 12.6. The van der Waals surface area contributed by atoms with Crippen molar-refractivity contribution < 1.29 is 4.39 Å². The predicted molar refractivity (Wildman–Crippen MR) is 87.8 cm³/mol. The summed E-state index contributed by atoms with van der Waals surface area (Å²) in [6.07, 6.45) is 0. The van der Waals surface area contributed by atoms with Gasteiger partial charge in [-0.3, -0.25) is 0 Å². The van der Waals surface area contributed by atoms with Crippen LogP contribution in [0.5, 0.6) is 0 Å². The highest BCUT2D eigenvalue weighted by molar-refractivity contribution is 6.33. The largest absolute Gasteiger partial charge is 0.207 e. The number of alkyl halides is 1. The maximum absolute atomic E-state index is 14.1. The van der Waals surface area contributed by atoms with Crippen LogP contribution in [0.15, 0.2) is 54.6 Å². The van der Waals surface area contributed by atoms with Gasteiger partial charge >= 0.3 is 0 Å². The Bertz CT molecular complexity index is 791. The van der Waals surface area contributed by atoms with Gasteiger partial charge in [-0.05, 0) is 41.0 Å². The second kappa shape index (κ2) is 5.67. The summed E-state index contributed by atoms with van der Waals surface area (Å²) in [7, 11) is 0. The van der Waals surface area contributed by atoms with Crippen molar-refractivity contribution in [3.8, 4) is 0 Å². The van der Waals surface area contributed by atoms with Crippen LogP contribution >= 0.6 is 23.2 Å². The molecule has 3 aromatic rings. The Labute approximate surface area is 133 Å². The highest BCUT2D eigenvalue weighted by atomic mass is 35.5. The average molecular weight is 319 g/mol. The number of hydrogen-bond acceptors (Lipinski definition) is 0. The summed E-state index contributed by atoms with van der Waals surface area (Å²) in [5.41, 5.74) is 2.26. The standard InChI is InChI=1S/C18H13Cl2F/c1-11-9-10-12-5-2-3-6-13(12)16(11)18(20)17-14(19)7-4-8-15(17)21/h2-10,18H,1H3. The molecule has 0 N–H and O–H groups in total. The molecule has 0 amide bonds. The molecule has 1 unspecified atom stereocenters. The molecule has 0 aromatic heterocycles. The average Bonchev–Trinajstić information content (AvgIpc) is 2.46. The van der Waals surface area contributed by atoms with E-state index in [9.17, 15) is 4.39 Å². The van der Waals surface area contributed by atoms with Gasteiger partial charge in [-0.1, -0.05) is 54.1 Å². The van der Waals surface area contributed by atoms with Gasteiger partial charge in [0.25, 0.3) is 0 Å². The molecule has 0 bridgehead atoms. The van der Waals surface area contributed by atoms with E-state index in [-0.39, 0.29) is 5.82 Å². The summed E-state index contributed by atoms with van der Waals surface area (Å²) >= 11 is 12.8. The SMILES string of the molecule is Cc1ccc2ccccc2c1C(Cl)c1c(F)cccc1Cl. The molecule has 3 aromatic carbocycles. The second-order valence-corrected chi connectivity index (χ2v) is 5.86. The van der Waals surface area contributed by atoms with Crippen molar-refractivity contribution >= 4 is 34.0 Å². The van der Waals surface area contributed by atoms with Crippen LogP contribution in [0.1, 0.15) is 22.1 Å². The van der Waals surface area contributed by atoms with Crippen LogP contribution < -0.4 is 0 Å². The van der Waals surface area contributed by atoms with Gasteiger partial charge in [0.05, 0.1) is 5.38 Å². The fourth-order valence-corrected chi connectivity index (χ4v) is 3.48. The van der Waals surface area contributed by atoms with E-state index in [0.29, 0.717) is 10.6 Å². The number of rotatable bonds is 2. The van der Waals surface area contributed by atoms with Crippen molar-refractivity contribution in [3.63, 3.8) is 0 Å². The van der Waals surface area contributed by atoms with Crippen LogP contribution in [0.25, 0.3) is 10.8 Å². The second-order valence-electron chi connectivity index (χ2n) is 5.02. The number of aryl methyl sites for hydroxylation is 1. The van der Waals surface area contributed by atoms with Gasteiger partial charge in [-0.2, -0.15) is 0 Å². The Balaban J connectivity index is 2.27. The van der Waals surface area contributed by atoms with Gasteiger partial charge in [-0.25, -0.2) is 4.39 Å². The Morgan fingerprint density at radius 1 is 0.905 bits per heavy atom. The van der Waals surface area contributed by atoms with Gasteiger partial charge in [0, 0.05) is 10.6 Å². The van der Waals surface area contributed by atoms with E-state index in [1.165, 1.54) is 6.07 Å². The zero-order valence-electron chi connectivity index (χ0n) is 11.4. The van der Waals surface area contributed by atoms with Crippen LogP contribution in [0.3, 0.4) is 0 Å². The highest BCUT2D eigenvalue weighted by Crippen LogP contribution is 2.40. The summed E-state index contributed by atoms with van der Waals surface area (Å²) in [6, 6.07) is 16.6. The fourth-order valence-electron chi connectivity index (χ4n) is 2.64. The molecule has 0 saturated heterocycles. The van der Waals surface area contributed by atoms with Crippen molar-refractivity contribution in [2.45, 2.75) is 12.3 Å². The third-order valence-corrected chi connectivity index (χ3v) is 4.46. The summed E-state index contributed by atoms with van der Waals surface area (Å²) in [5, 5.41) is 1.83. The minimum absolute atomic E-state index is 0.334. The first-order valence-corrected chi connectivity index (χ1v) is 7.47. The predicted octanol–water partition coefficient (Wildman–Crippen LogP) is 6.27. The zero-order valence-corrected chi connectivity index (χ0v) is 12.9. The molecule has 0 nitrogen and oxygen atoms in total. The van der Waals surface area contributed by atoms with Gasteiger partial charge in [0.15, 0.2) is 0 Å². The lowest BCUT2D eigenvalue weighted by atomic mass is 9.93. The summed E-state index contributed by atoms with van der Waals surface area (Å²) < 4.78 is 14.1. The lowest BCUT2D eigenvalue weighted by Gasteiger charge is -2.18. The molecule has 21 heavy (non-hydrogen) atoms. The van der Waals surface area contributed by atoms with E-state index in [2.05, 4.69) is 0 Å². The van der Waals surface area contributed by atoms with Crippen LogP contribution in [0.2, 0.25) is 5.02 Å². The molecule has 0 radical (unpaired) electrons. The molecule has 0 aliphatic rings. The maximum atomic E-state index is 14.1. The van der Waals surface area contributed by atoms with E-state index in [1.54, 1.807) is 12.1 Å². The first-order valence-electron chi connectivity index (χ1n) is 6.66. The molecule has 1 atom stereocenters. The number of halogens is 3. The van der Waals surface area contributed by atoms with E-state index >= 15 is 0 Å². The number of benzene rings is 3. The Hall–Kier alpha value is -1.57. The van der Waals surface area contributed by atoms with Crippen molar-refractivity contribution in [1.29, 1.82) is 0 Å². The summed E-state index contributed by atoms with van der Waals surface area (Å²) in [6.45, 7) is 1.98. The summed E-state index contributed by atoms with van der Waals surface area (Å²) in [4.78, 5) is 0. The van der Waals surface area contributed by atoms with Gasteiger partial charge in [0.2, 0.25) is 0 Å². The third kappa shape index (κ3) is 2.52. The first kappa shape index (κ1) is 14.4. The van der Waals surface area contributed by atoms with E-state index < -0.39 is 5.38 Å². The molecule has 0 aliphatic heterocycles. The first-order chi connectivity index (χ1) is 10.1. The molecule has 0 aliphatic carbocycles. The third-order valence-electron chi connectivity index (χ3n) is 3.70. The fraction of sp³-hybridized carbons (Fsp3) is 0.111. The van der Waals surface area contributed by atoms with Crippen molar-refractivity contribution in [2.24, 2.45) is 0 Å². The van der Waals surface area contributed by atoms with Crippen LogP contribution in [-0.2, 0) is 0 Å². The lowest BCUT2D eigenvalue weighted by Crippen LogP contribution is -2.01. The quantitative estimate of drug-likeness (QED) is 0.488. The molecule has 0 fully saturated rings. The van der Waals surface area contributed by atoms with Crippen LogP contribution in [0.4, 0.5) is 4.39 Å². The van der Waals surface area contributed by atoms with Gasteiger partial charge < -0.3 is 0 Å². The number of hydrogen-bond donors (Lipinski definition) is 0. The molecule has 3 heteroatoms. The lowest BCUT2D eigenvalue weighted by molar-refractivity contribution is 0.612. The topological polar surface area (TPSA) is 0 Å². The smallest absolute Gasteiger partial charge is 0.129 e. The molecule has 0 spiro atoms.